The highest BCUT2D eigenvalue weighted by Gasteiger charge is 2.64. The molecular formula is C81H120O44. The molecule has 44 heteroatoms. The predicted molar refractivity (Wildman–Crippen MR) is 408 cm³/mol. The van der Waals surface area contributed by atoms with Crippen LogP contribution in [-0.2, 0) is 209 Å². The van der Waals surface area contributed by atoms with Gasteiger partial charge in [-0.25, -0.2) is 0 Å². The van der Waals surface area contributed by atoms with Crippen LogP contribution in [0.2, 0.25) is 0 Å². The maximum absolute atomic E-state index is 14.5. The third-order valence-corrected chi connectivity index (χ3v) is 19.9. The van der Waals surface area contributed by atoms with Crippen molar-refractivity contribution in [1.29, 1.82) is 0 Å². The molecule has 708 valence electrons. The van der Waals surface area contributed by atoms with E-state index >= 15 is 0 Å². The van der Waals surface area contributed by atoms with E-state index in [2.05, 4.69) is 0 Å². The normalized spacial score (nSPS) is 33.4. The Morgan fingerprint density at radius 1 is 0.248 bits per heavy atom. The molecule has 0 spiro atoms. The molecular weight excluding hydrogens is 1680 g/mol. The molecule has 6 aliphatic heterocycles. The largest absolute Gasteiger partial charge is 0.469 e. The highest BCUT2D eigenvalue weighted by Crippen LogP contribution is 2.44. The molecule has 125 heavy (non-hydrogen) atoms. The molecule has 44 nitrogen and oxygen atoms in total. The van der Waals surface area contributed by atoms with E-state index in [1.54, 1.807) is 0 Å². The van der Waals surface area contributed by atoms with Crippen molar-refractivity contribution in [2.24, 2.45) is 0 Å². The van der Waals surface area contributed by atoms with E-state index in [0.717, 1.165) is 136 Å². The summed E-state index contributed by atoms with van der Waals surface area (Å²) in [4.78, 5) is 212. The van der Waals surface area contributed by atoms with E-state index in [4.69, 9.17) is 133 Å². The Bertz CT molecular complexity index is 3660. The highest BCUT2D eigenvalue weighted by molar-refractivity contribution is 5.72. The summed E-state index contributed by atoms with van der Waals surface area (Å²) in [5, 5.41) is 0. The fraction of sp³-hybridized carbons (Fsp3) is 0.802. The summed E-state index contributed by atoms with van der Waals surface area (Å²) in [6.07, 6.45) is -51.8. The van der Waals surface area contributed by atoms with Crippen molar-refractivity contribution in [3.8, 4) is 0 Å². The summed E-state index contributed by atoms with van der Waals surface area (Å²) in [5.41, 5.74) is 0. The monoisotopic (exact) mass is 1800 g/mol. The van der Waals surface area contributed by atoms with Gasteiger partial charge in [0.05, 0.1) is 37.6 Å². The molecule has 31 atom stereocenters. The van der Waals surface area contributed by atoms with Gasteiger partial charge in [-0.05, 0) is 47.0 Å². The molecule has 0 saturated carbocycles. The fourth-order valence-corrected chi connectivity index (χ4v) is 15.3. The number of ether oxygens (including phenoxy) is 28. The van der Waals surface area contributed by atoms with Crippen LogP contribution in [-0.4, -0.2) is 306 Å². The molecule has 0 aliphatic carbocycles. The van der Waals surface area contributed by atoms with Crippen LogP contribution in [0.3, 0.4) is 0 Å². The molecule has 0 aromatic carbocycles. The Morgan fingerprint density at radius 3 is 0.808 bits per heavy atom. The lowest BCUT2D eigenvalue weighted by atomic mass is 9.94. The van der Waals surface area contributed by atoms with E-state index in [9.17, 15) is 76.7 Å². The molecule has 0 aromatic heterocycles. The van der Waals surface area contributed by atoms with Gasteiger partial charge in [-0.1, -0.05) is 51.9 Å². The summed E-state index contributed by atoms with van der Waals surface area (Å²) < 4.78 is 173. The lowest BCUT2D eigenvalue weighted by Crippen LogP contribution is -2.70. The Hall–Kier alpha value is -8.96. The van der Waals surface area contributed by atoms with Crippen LogP contribution in [0.25, 0.3) is 0 Å². The first-order chi connectivity index (χ1) is 58.8. The van der Waals surface area contributed by atoms with Crippen LogP contribution in [0.5, 0.6) is 0 Å². The SMILES string of the molecule is CCC[C@@H](CCCCCCCCCC(=O)OC)O[C@@H]1O[C@H](C)[C@@H](OC(C)=O)[C@H](OC(C)=O)[C@H]1O[C@@H]1O[C@H](COC(C)=O)[C@@H](OC(C)=O)[C@H](OC(C)=O)[C@H]1O[C@@H]1O[C@@H](C)[C@H](O[C@@H]2O[C@H](C)[C@H](OC(C)=O)[C@H](OC(C)=O)[C@H]2OC(C)=O)[C@@H](O[C@@H]2O[C@H](COC(C)=O)[C@@H](OC(C)=O)[C@H](OC(C)=O)[C@H]2O[C@@H]2O[C@H](C)[C@@H](OC(C)=O)[C@H](OC(C)=O)[C@H]2OC(C)=O)[C@H]1OC(C)=O. The van der Waals surface area contributed by atoms with Crippen molar-refractivity contribution < 1.29 is 209 Å². The van der Waals surface area contributed by atoms with Crippen LogP contribution >= 0.6 is 0 Å². The number of carbonyl (C=O) groups excluding carboxylic acids is 16. The average molecular weight is 1800 g/mol. The van der Waals surface area contributed by atoms with E-state index in [-0.39, 0.29) is 5.97 Å². The van der Waals surface area contributed by atoms with Gasteiger partial charge < -0.3 is 133 Å². The molecule has 6 saturated heterocycles. The first kappa shape index (κ1) is 105. The van der Waals surface area contributed by atoms with Gasteiger partial charge in [-0.3, -0.25) is 76.7 Å². The van der Waals surface area contributed by atoms with Crippen molar-refractivity contribution >= 4 is 95.5 Å². The second-order valence-corrected chi connectivity index (χ2v) is 30.6. The molecule has 0 bridgehead atoms. The maximum Gasteiger partial charge on any atom is 0.305 e. The second-order valence-electron chi connectivity index (χ2n) is 30.6. The number of carbonyl (C=O) groups is 16. The summed E-state index contributed by atoms with van der Waals surface area (Å²) in [6.45, 7) is 20.0. The lowest BCUT2D eigenvalue weighted by Gasteiger charge is -2.52. The standard InChI is InChI=1S/C81H120O44/c1-22-30-54(31-28-26-24-23-25-27-29-32-57(97)98-21)118-76-73(66(112-48(15)91)60(35(2)101-76)107-43(10)86)125-81-75(69(114-50(17)93)63(109-45(12)88)56(120-81)34-100-40(7)83)124-79-72(117-53(20)96)67(61(38(5)104-79)121-77-70(115-51(18)94)64(110-46(13)89)58(36(3)102-77)105-41(8)84)122-80-74(68(113-49(16)92)62(108-44(11)87)55(119-80)33-99-39(6)82)123-78-71(116-52(19)95)65(111-47(14)90)59(37(4)103-78)106-42(9)85/h35-38,54-56,58-81H,22-34H2,1-21H3/t35-,36-,37-,38+,54+,55-,56-,58+,59-,60-,61+,62-,63-,64+,65+,66+,67-,68+,69+,70-,71-,72-,73-,74-,75-,76+,77+,78+,79+,80+,81+/m1/s1. The molecule has 6 rings (SSSR count). The number of unbranched alkanes of at least 4 members (excludes halogenated alkanes) is 6. The third kappa shape index (κ3) is 32.1. The van der Waals surface area contributed by atoms with Crippen LogP contribution < -0.4 is 0 Å². The minimum absolute atomic E-state index is 0.290. The summed E-state index contributed by atoms with van der Waals surface area (Å²) >= 11 is 0. The topological polar surface area (TPSA) is 532 Å². The van der Waals surface area contributed by atoms with Gasteiger partial charge in [-0.2, -0.15) is 0 Å². The number of methoxy groups -OCH3 is 1. The second kappa shape index (κ2) is 50.0. The Morgan fingerprint density at radius 2 is 0.488 bits per heavy atom. The Kier molecular flexibility index (Phi) is 41.9. The lowest BCUT2D eigenvalue weighted by molar-refractivity contribution is -0.414. The zero-order valence-electron chi connectivity index (χ0n) is 74.1. The number of hydrogen-bond acceptors (Lipinski definition) is 44. The summed E-state index contributed by atoms with van der Waals surface area (Å²) in [5.74, 6) is -16.0. The van der Waals surface area contributed by atoms with E-state index in [0.29, 0.717) is 38.5 Å². The molecule has 0 N–H and O–H groups in total. The minimum Gasteiger partial charge on any atom is -0.469 e. The number of esters is 16. The highest BCUT2D eigenvalue weighted by atomic mass is 16.8. The molecule has 6 heterocycles. The minimum atomic E-state index is -2.43. The molecule has 0 unspecified atom stereocenters. The molecule has 0 amide bonds. The number of rotatable bonds is 41. The van der Waals surface area contributed by atoms with Gasteiger partial charge in [0.15, 0.2) is 135 Å². The van der Waals surface area contributed by atoms with E-state index < -0.39 is 293 Å². The smallest absolute Gasteiger partial charge is 0.305 e. The number of hydrogen-bond donors (Lipinski definition) is 0. The third-order valence-electron chi connectivity index (χ3n) is 19.9. The Balaban J connectivity index is 1.70. The molecule has 0 radical (unpaired) electrons. The maximum atomic E-state index is 14.5. The predicted octanol–water partition coefficient (Wildman–Crippen LogP) is 3.45. The summed E-state index contributed by atoms with van der Waals surface area (Å²) in [7, 11) is 1.33. The summed E-state index contributed by atoms with van der Waals surface area (Å²) in [6, 6.07) is 0. The van der Waals surface area contributed by atoms with Gasteiger partial charge in [0.2, 0.25) is 0 Å². The quantitative estimate of drug-likeness (QED) is 0.0480. The molecule has 6 aliphatic rings. The van der Waals surface area contributed by atoms with Crippen LogP contribution in [0.15, 0.2) is 0 Å². The molecule has 6 fully saturated rings. The zero-order valence-corrected chi connectivity index (χ0v) is 74.1. The van der Waals surface area contributed by atoms with E-state index in [1.165, 1.54) is 34.8 Å². The first-order valence-corrected chi connectivity index (χ1v) is 41.2. The molecule has 0 aromatic rings. The van der Waals surface area contributed by atoms with Crippen molar-refractivity contribution in [3.63, 3.8) is 0 Å². The van der Waals surface area contributed by atoms with E-state index in [1.807, 2.05) is 6.92 Å². The van der Waals surface area contributed by atoms with Crippen LogP contribution in [0.1, 0.15) is 209 Å². The zero-order chi connectivity index (χ0) is 93.1. The van der Waals surface area contributed by atoms with Gasteiger partial charge in [-0.15, -0.1) is 0 Å². The fourth-order valence-electron chi connectivity index (χ4n) is 15.3. The van der Waals surface area contributed by atoms with Crippen molar-refractivity contribution in [3.05, 3.63) is 0 Å². The van der Waals surface area contributed by atoms with Crippen molar-refractivity contribution in [2.75, 3.05) is 20.3 Å². The first-order valence-electron chi connectivity index (χ1n) is 41.2. The van der Waals surface area contributed by atoms with Gasteiger partial charge >= 0.3 is 95.5 Å². The van der Waals surface area contributed by atoms with Gasteiger partial charge in [0.1, 0.15) is 37.6 Å². The van der Waals surface area contributed by atoms with Crippen molar-refractivity contribution in [1.82, 2.24) is 0 Å². The van der Waals surface area contributed by atoms with Gasteiger partial charge in [0.25, 0.3) is 0 Å². The van der Waals surface area contributed by atoms with Crippen molar-refractivity contribution in [2.45, 2.75) is 399 Å². The van der Waals surface area contributed by atoms with Crippen LogP contribution in [0.4, 0.5) is 0 Å². The van der Waals surface area contributed by atoms with Crippen LogP contribution in [0, 0.1) is 0 Å². The average Bonchev–Trinajstić information content (AvgIpc) is 0.754. The van der Waals surface area contributed by atoms with Gasteiger partial charge in [0, 0.05) is 110 Å². The Labute approximate surface area is 722 Å².